The molecule has 2 heterocycles. The number of halogens is 1. The van der Waals surface area contributed by atoms with Crippen LogP contribution in [0, 0.1) is 5.82 Å². The zero-order chi connectivity index (χ0) is 34.3. The van der Waals surface area contributed by atoms with Crippen molar-refractivity contribution < 1.29 is 32.2 Å². The zero-order valence-electron chi connectivity index (χ0n) is 29.4. The van der Waals surface area contributed by atoms with Gasteiger partial charge < -0.3 is 20.7 Å². The third-order valence-corrected chi connectivity index (χ3v) is 9.01. The summed E-state index contributed by atoms with van der Waals surface area (Å²) in [4.78, 5) is 14.1. The predicted octanol–water partition coefficient (Wildman–Crippen LogP) is 7.51. The minimum absolute atomic E-state index is 0.0526. The number of hydrogen-bond acceptors (Lipinski definition) is 11. The molecule has 3 N–H and O–H groups in total. The molecule has 1 aromatic heterocycles. The highest BCUT2D eigenvalue weighted by atomic mass is 31.1. The van der Waals surface area contributed by atoms with Crippen molar-refractivity contribution in [3.8, 4) is 5.75 Å². The number of benzene rings is 1. The van der Waals surface area contributed by atoms with Crippen LogP contribution in [-0.2, 0) is 18.6 Å². The lowest BCUT2D eigenvalue weighted by molar-refractivity contribution is -1.06. The molecule has 2 aromatic rings. The number of methoxy groups -OCH3 is 1. The summed E-state index contributed by atoms with van der Waals surface area (Å²) < 4.78 is 51.4. The third-order valence-electron chi connectivity index (χ3n) is 8.67. The first-order chi connectivity index (χ1) is 22.2. The molecule has 1 saturated heterocycles. The van der Waals surface area contributed by atoms with Crippen LogP contribution in [0.1, 0.15) is 99.8 Å². The monoisotopic (exact) mass is 679 g/mol. The zero-order valence-corrected chi connectivity index (χ0v) is 30.4. The highest BCUT2D eigenvalue weighted by Gasteiger charge is 2.66. The number of rotatable bonds is 14. The second-order valence-corrected chi connectivity index (χ2v) is 14.9. The van der Waals surface area contributed by atoms with E-state index in [4.69, 9.17) is 23.7 Å². The lowest BCUT2D eigenvalue weighted by atomic mass is 10.1. The van der Waals surface area contributed by atoms with E-state index in [0.29, 0.717) is 37.2 Å². The van der Waals surface area contributed by atoms with Gasteiger partial charge in [0.05, 0.1) is 37.9 Å². The molecule has 262 valence electrons. The van der Waals surface area contributed by atoms with E-state index in [1.165, 1.54) is 26.0 Å². The molecule has 14 heteroatoms. The van der Waals surface area contributed by atoms with E-state index >= 15 is 0 Å². The van der Waals surface area contributed by atoms with Crippen LogP contribution in [0.3, 0.4) is 0 Å². The van der Waals surface area contributed by atoms with Crippen molar-refractivity contribution in [1.82, 2.24) is 15.0 Å². The average molecular weight is 680 g/mol. The predicted molar refractivity (Wildman–Crippen MR) is 183 cm³/mol. The van der Waals surface area contributed by atoms with E-state index in [2.05, 4.69) is 32.8 Å². The quantitative estimate of drug-likeness (QED) is 0.0794. The molecule has 0 bridgehead atoms. The second-order valence-electron chi connectivity index (χ2n) is 14.5. The smallest absolute Gasteiger partial charge is 0.494 e. The molecule has 0 amide bonds. The number of anilines is 4. The Bertz CT molecular complexity index is 1320. The number of likely N-dealkylation sites (N-methyl/N-ethyl adjacent to an activating group) is 1. The summed E-state index contributed by atoms with van der Waals surface area (Å²) in [5, 5.41) is 10.1. The second kappa shape index (κ2) is 15.7. The summed E-state index contributed by atoms with van der Waals surface area (Å²) in [7, 11) is 0.347. The van der Waals surface area contributed by atoms with Crippen LogP contribution < -0.4 is 20.7 Å². The lowest BCUT2D eigenvalue weighted by Crippen LogP contribution is -2.73. The number of likely N-dealkylation sites (tertiary alicyclic amines) is 1. The van der Waals surface area contributed by atoms with Crippen molar-refractivity contribution in [2.75, 3.05) is 42.7 Å². The lowest BCUT2D eigenvalue weighted by Gasteiger charge is -2.51. The Morgan fingerprint density at radius 2 is 1.55 bits per heavy atom. The molecule has 0 radical (unpaired) electrons. The fourth-order valence-electron chi connectivity index (χ4n) is 6.71. The number of hydrogen-bond donors (Lipinski definition) is 3. The number of quaternary nitrogens is 1. The maximum atomic E-state index is 14.5. The van der Waals surface area contributed by atoms with Gasteiger partial charge in [0.2, 0.25) is 17.8 Å². The van der Waals surface area contributed by atoms with Crippen LogP contribution in [0.2, 0.25) is 0 Å². The van der Waals surface area contributed by atoms with Crippen molar-refractivity contribution >= 4 is 32.2 Å². The van der Waals surface area contributed by atoms with Gasteiger partial charge in [-0.15, -0.1) is 0 Å². The van der Waals surface area contributed by atoms with E-state index in [9.17, 15) is 8.96 Å². The van der Waals surface area contributed by atoms with E-state index in [-0.39, 0.29) is 28.3 Å². The molecule has 47 heavy (non-hydrogen) atoms. The molecule has 3 atom stereocenters. The van der Waals surface area contributed by atoms with E-state index < -0.39 is 31.8 Å². The average Bonchev–Trinajstić information content (AvgIpc) is 3.24. The number of ether oxygens (including phenoxy) is 3. The molecule has 1 aromatic carbocycles. The molecular weight excluding hydrogens is 624 g/mol. The minimum atomic E-state index is -1.61. The Hall–Kier alpha value is -2.70. The Kier molecular flexibility index (Phi) is 12.4. The van der Waals surface area contributed by atoms with Gasteiger partial charge in [0.25, 0.3) is 0 Å². The molecule has 4 rings (SSSR count). The first kappa shape index (κ1) is 37.1. The molecule has 1 aliphatic carbocycles. The largest absolute Gasteiger partial charge is 0.504 e. The molecule has 2 aliphatic rings. The van der Waals surface area contributed by atoms with Gasteiger partial charge in [-0.3, -0.25) is 9.47 Å². The Balaban J connectivity index is 1.66. The third kappa shape index (κ3) is 9.69. The fraction of sp³-hybridized carbons (Fsp3) is 0.727. The van der Waals surface area contributed by atoms with Gasteiger partial charge in [-0.25, -0.2) is 8.87 Å². The van der Waals surface area contributed by atoms with Crippen LogP contribution in [0.4, 0.5) is 27.9 Å². The van der Waals surface area contributed by atoms with Gasteiger partial charge in [-0.1, -0.05) is 25.7 Å². The van der Waals surface area contributed by atoms with Crippen molar-refractivity contribution in [2.45, 2.75) is 129 Å². The topological polar surface area (TPSA) is 129 Å². The van der Waals surface area contributed by atoms with Gasteiger partial charge >= 0.3 is 14.8 Å². The molecule has 12 nitrogen and oxygen atoms in total. The first-order valence-corrected chi connectivity index (χ1v) is 17.7. The van der Waals surface area contributed by atoms with Crippen molar-refractivity contribution in [2.24, 2.45) is 0 Å². The highest BCUT2D eigenvalue weighted by Crippen LogP contribution is 2.45. The molecule has 3 unspecified atom stereocenters. The molecule has 2 fully saturated rings. The van der Waals surface area contributed by atoms with E-state index in [1.54, 1.807) is 12.1 Å². The maximum Gasteiger partial charge on any atom is 0.504 e. The SMILES string of the molecule is CC[N+]1(C(O[PH+]=O)(OC(C)(C)C)OC(C)(C)C)CCCC1CNc1nc(Nc2ccc(OC)c(F)c2)nc(NC2CCCCCC2)n1. The summed E-state index contributed by atoms with van der Waals surface area (Å²) in [5.41, 5.74) is -0.822. The van der Waals surface area contributed by atoms with Crippen molar-refractivity contribution in [3.05, 3.63) is 24.0 Å². The summed E-state index contributed by atoms with van der Waals surface area (Å²) in [6.07, 6.45) is 7.00. The van der Waals surface area contributed by atoms with Gasteiger partial charge in [0.1, 0.15) is 6.04 Å². The Morgan fingerprint density at radius 3 is 2.13 bits per heavy atom. The fourth-order valence-corrected chi connectivity index (χ4v) is 7.08. The maximum absolute atomic E-state index is 14.5. The van der Waals surface area contributed by atoms with Crippen LogP contribution in [0.15, 0.2) is 18.2 Å². The van der Waals surface area contributed by atoms with E-state index in [1.807, 2.05) is 41.5 Å². The Labute approximate surface area is 280 Å². The summed E-state index contributed by atoms with van der Waals surface area (Å²) in [6, 6.07) is 4.82. The molecule has 0 spiro atoms. The van der Waals surface area contributed by atoms with Crippen LogP contribution in [0.5, 0.6) is 5.75 Å². The van der Waals surface area contributed by atoms with Gasteiger partial charge in [0.15, 0.2) is 11.6 Å². The van der Waals surface area contributed by atoms with Gasteiger partial charge in [0, 0.05) is 30.6 Å². The van der Waals surface area contributed by atoms with Crippen LogP contribution in [-0.4, -0.2) is 75.6 Å². The summed E-state index contributed by atoms with van der Waals surface area (Å²) in [6.45, 7) is 15.5. The standard InChI is InChI=1S/C33H55FN7O5P/c1-9-41(33(46-47-42,44-31(2,3)4)45-32(5,6)7)20-14-17-25(41)22-35-28-38-29(36-23-15-12-10-11-13-16-23)40-30(39-28)37-24-18-19-27(43-8)26(34)21-24/h18-19,21,23,25,47H,9-17,20,22H2,1-8H3,(H3,35,36,37,38,39,40)/q+2. The number of nitrogens with one attached hydrogen (secondary N) is 3. The van der Waals surface area contributed by atoms with Crippen molar-refractivity contribution in [1.29, 1.82) is 0 Å². The first-order valence-electron chi connectivity index (χ1n) is 16.9. The Morgan fingerprint density at radius 1 is 0.915 bits per heavy atom. The number of aromatic nitrogens is 3. The normalized spacial score (nSPS) is 21.4. The van der Waals surface area contributed by atoms with Crippen molar-refractivity contribution in [3.63, 3.8) is 0 Å². The molecule has 1 aliphatic heterocycles. The molecular formula is C33H55FN7O5P+2. The van der Waals surface area contributed by atoms with E-state index in [0.717, 1.165) is 38.5 Å². The van der Waals surface area contributed by atoms with Crippen LogP contribution >= 0.6 is 8.69 Å². The summed E-state index contributed by atoms with van der Waals surface area (Å²) >= 11 is 0. The highest BCUT2D eigenvalue weighted by molar-refractivity contribution is 7.17. The van der Waals surface area contributed by atoms with Gasteiger partial charge in [-0.05, 0) is 82.5 Å². The van der Waals surface area contributed by atoms with Crippen LogP contribution in [0.25, 0.3) is 0 Å². The molecule has 1 saturated carbocycles. The minimum Gasteiger partial charge on any atom is -0.494 e. The number of nitrogens with zero attached hydrogens (tertiary/aromatic N) is 4. The van der Waals surface area contributed by atoms with Gasteiger partial charge in [-0.2, -0.15) is 15.0 Å². The summed E-state index contributed by atoms with van der Waals surface area (Å²) in [5.74, 6) is 0.770.